The molecule has 2 rings (SSSR count). The third-order valence-corrected chi connectivity index (χ3v) is 3.60. The predicted molar refractivity (Wildman–Crippen MR) is 60.9 cm³/mol. The normalized spacial score (nSPS) is 29.5. The maximum atomic E-state index is 11.8. The number of rotatable bonds is 4. The molecule has 4 nitrogen and oxygen atoms in total. The zero-order valence-corrected chi connectivity index (χ0v) is 10.1. The first-order valence-electron chi connectivity index (χ1n) is 6.10. The Hall–Kier alpha value is -1.32. The van der Waals surface area contributed by atoms with Crippen LogP contribution in [-0.2, 0) is 19.1 Å². The van der Waals surface area contributed by atoms with Crippen LogP contribution in [0.1, 0.15) is 39.0 Å². The Morgan fingerprint density at radius 3 is 2.41 bits per heavy atom. The highest BCUT2D eigenvalue weighted by Crippen LogP contribution is 2.43. The molecule has 2 aliphatic rings. The summed E-state index contributed by atoms with van der Waals surface area (Å²) >= 11 is 0. The molecule has 17 heavy (non-hydrogen) atoms. The SMILES string of the molecule is C=COC(=O)C1CC1C(=O)OC1(C)CCCC1. The van der Waals surface area contributed by atoms with Gasteiger partial charge in [-0.2, -0.15) is 0 Å². The minimum absolute atomic E-state index is 0.250. The molecule has 0 bridgehead atoms. The number of carbonyl (C=O) groups is 2. The molecule has 94 valence electrons. The molecule has 0 spiro atoms. The highest BCUT2D eigenvalue weighted by Gasteiger charge is 2.51. The van der Waals surface area contributed by atoms with E-state index in [9.17, 15) is 9.59 Å². The van der Waals surface area contributed by atoms with Gasteiger partial charge in [0, 0.05) is 0 Å². The Kier molecular flexibility index (Phi) is 3.22. The summed E-state index contributed by atoms with van der Waals surface area (Å²) < 4.78 is 10.2. The van der Waals surface area contributed by atoms with Crippen LogP contribution in [0.4, 0.5) is 0 Å². The summed E-state index contributed by atoms with van der Waals surface area (Å²) in [6, 6.07) is 0. The lowest BCUT2D eigenvalue weighted by molar-refractivity contribution is -0.161. The summed E-state index contributed by atoms with van der Waals surface area (Å²) in [6.07, 6.45) is 5.70. The first-order valence-corrected chi connectivity index (χ1v) is 6.10. The molecule has 2 atom stereocenters. The van der Waals surface area contributed by atoms with E-state index in [-0.39, 0.29) is 29.4 Å². The number of hydrogen-bond acceptors (Lipinski definition) is 4. The van der Waals surface area contributed by atoms with Gasteiger partial charge in [-0.1, -0.05) is 6.58 Å². The summed E-state index contributed by atoms with van der Waals surface area (Å²) in [5.74, 6) is -1.26. The molecular weight excluding hydrogens is 220 g/mol. The molecule has 0 N–H and O–H groups in total. The topological polar surface area (TPSA) is 52.6 Å². The van der Waals surface area contributed by atoms with Crippen molar-refractivity contribution in [2.45, 2.75) is 44.6 Å². The minimum Gasteiger partial charge on any atom is -0.459 e. The maximum Gasteiger partial charge on any atom is 0.314 e. The van der Waals surface area contributed by atoms with Crippen LogP contribution >= 0.6 is 0 Å². The monoisotopic (exact) mass is 238 g/mol. The molecule has 0 heterocycles. The summed E-state index contributed by atoms with van der Waals surface area (Å²) in [4.78, 5) is 23.2. The number of carbonyl (C=O) groups excluding carboxylic acids is 2. The van der Waals surface area contributed by atoms with Crippen LogP contribution in [-0.4, -0.2) is 17.5 Å². The lowest BCUT2D eigenvalue weighted by Crippen LogP contribution is -2.29. The van der Waals surface area contributed by atoms with Crippen LogP contribution in [0.5, 0.6) is 0 Å². The van der Waals surface area contributed by atoms with Crippen molar-refractivity contribution in [1.82, 2.24) is 0 Å². The van der Waals surface area contributed by atoms with Crippen LogP contribution in [0.3, 0.4) is 0 Å². The average molecular weight is 238 g/mol. The van der Waals surface area contributed by atoms with Crippen molar-refractivity contribution in [3.05, 3.63) is 12.8 Å². The van der Waals surface area contributed by atoms with Crippen LogP contribution in [0.15, 0.2) is 12.8 Å². The fourth-order valence-corrected chi connectivity index (χ4v) is 2.43. The van der Waals surface area contributed by atoms with Crippen molar-refractivity contribution in [3.8, 4) is 0 Å². The van der Waals surface area contributed by atoms with E-state index in [2.05, 4.69) is 11.3 Å². The first-order chi connectivity index (χ1) is 8.06. The Labute approximate surface area is 101 Å². The van der Waals surface area contributed by atoms with Crippen LogP contribution < -0.4 is 0 Å². The van der Waals surface area contributed by atoms with E-state index in [0.29, 0.717) is 6.42 Å². The number of ether oxygens (including phenoxy) is 2. The van der Waals surface area contributed by atoms with E-state index in [0.717, 1.165) is 31.9 Å². The highest BCUT2D eigenvalue weighted by atomic mass is 16.6. The van der Waals surface area contributed by atoms with E-state index in [4.69, 9.17) is 4.74 Å². The molecular formula is C13H18O4. The van der Waals surface area contributed by atoms with E-state index in [1.54, 1.807) is 0 Å². The van der Waals surface area contributed by atoms with Gasteiger partial charge in [0.25, 0.3) is 0 Å². The van der Waals surface area contributed by atoms with Gasteiger partial charge in [0.05, 0.1) is 18.1 Å². The Morgan fingerprint density at radius 2 is 1.82 bits per heavy atom. The summed E-state index contributed by atoms with van der Waals surface area (Å²) in [7, 11) is 0. The fourth-order valence-electron chi connectivity index (χ4n) is 2.43. The van der Waals surface area contributed by atoms with E-state index < -0.39 is 0 Å². The molecule has 2 fully saturated rings. The van der Waals surface area contributed by atoms with Crippen molar-refractivity contribution in [2.24, 2.45) is 11.8 Å². The summed E-state index contributed by atoms with van der Waals surface area (Å²) in [5.41, 5.74) is -0.313. The van der Waals surface area contributed by atoms with Gasteiger partial charge in [-0.05, 0) is 39.0 Å². The fraction of sp³-hybridized carbons (Fsp3) is 0.692. The third-order valence-electron chi connectivity index (χ3n) is 3.60. The highest BCUT2D eigenvalue weighted by molar-refractivity contribution is 5.87. The summed E-state index contributed by atoms with van der Waals surface area (Å²) in [6.45, 7) is 5.29. The van der Waals surface area contributed by atoms with Gasteiger partial charge in [0.1, 0.15) is 5.60 Å². The molecule has 2 aliphatic carbocycles. The van der Waals surface area contributed by atoms with Crippen LogP contribution in [0.2, 0.25) is 0 Å². The third kappa shape index (κ3) is 2.68. The smallest absolute Gasteiger partial charge is 0.314 e. The van der Waals surface area contributed by atoms with Gasteiger partial charge in [-0.3, -0.25) is 9.59 Å². The molecule has 2 unspecified atom stereocenters. The average Bonchev–Trinajstić information content (AvgIpc) is 2.97. The van der Waals surface area contributed by atoms with E-state index in [1.807, 2.05) is 6.92 Å². The van der Waals surface area contributed by atoms with Crippen molar-refractivity contribution >= 4 is 11.9 Å². The second kappa shape index (κ2) is 4.51. The standard InChI is InChI=1S/C13H18O4/c1-3-16-11(14)9-8-10(9)12(15)17-13(2)6-4-5-7-13/h3,9-10H,1,4-8H2,2H3. The molecule has 0 saturated heterocycles. The predicted octanol–water partition coefficient (Wildman–Crippen LogP) is 2.19. The van der Waals surface area contributed by atoms with E-state index in [1.165, 1.54) is 0 Å². The van der Waals surface area contributed by atoms with Gasteiger partial charge in [0.2, 0.25) is 0 Å². The maximum absolute atomic E-state index is 11.8. The van der Waals surface area contributed by atoms with Crippen LogP contribution in [0, 0.1) is 11.8 Å². The number of esters is 2. The van der Waals surface area contributed by atoms with E-state index >= 15 is 0 Å². The zero-order chi connectivity index (χ0) is 12.5. The molecule has 2 saturated carbocycles. The molecule has 0 aromatic carbocycles. The Balaban J connectivity index is 1.82. The first kappa shape index (κ1) is 12.1. The van der Waals surface area contributed by atoms with Crippen molar-refractivity contribution < 1.29 is 19.1 Å². The molecule has 4 heteroatoms. The summed E-state index contributed by atoms with van der Waals surface area (Å²) in [5, 5.41) is 0. The van der Waals surface area contributed by atoms with Gasteiger partial charge in [-0.25, -0.2) is 0 Å². The van der Waals surface area contributed by atoms with Gasteiger partial charge >= 0.3 is 11.9 Å². The van der Waals surface area contributed by atoms with Crippen molar-refractivity contribution in [1.29, 1.82) is 0 Å². The minimum atomic E-state index is -0.376. The molecule has 0 aromatic rings. The van der Waals surface area contributed by atoms with Gasteiger partial charge in [0.15, 0.2) is 0 Å². The Morgan fingerprint density at radius 1 is 1.24 bits per heavy atom. The molecule has 0 aromatic heterocycles. The zero-order valence-electron chi connectivity index (χ0n) is 10.1. The quantitative estimate of drug-likeness (QED) is 0.556. The van der Waals surface area contributed by atoms with Gasteiger partial charge < -0.3 is 9.47 Å². The Bertz CT molecular complexity index is 341. The van der Waals surface area contributed by atoms with Crippen molar-refractivity contribution in [3.63, 3.8) is 0 Å². The largest absolute Gasteiger partial charge is 0.459 e. The molecule has 0 amide bonds. The van der Waals surface area contributed by atoms with Crippen molar-refractivity contribution in [2.75, 3.05) is 0 Å². The lowest BCUT2D eigenvalue weighted by Gasteiger charge is -2.24. The molecule has 0 radical (unpaired) electrons. The van der Waals surface area contributed by atoms with Crippen LogP contribution in [0.25, 0.3) is 0 Å². The second-order valence-corrected chi connectivity index (χ2v) is 5.13. The lowest BCUT2D eigenvalue weighted by atomic mass is 10.1. The second-order valence-electron chi connectivity index (χ2n) is 5.13. The molecule has 0 aliphatic heterocycles. The number of hydrogen-bond donors (Lipinski definition) is 0. The van der Waals surface area contributed by atoms with Gasteiger partial charge in [-0.15, -0.1) is 0 Å².